The number of primary amides is 1. The van der Waals surface area contributed by atoms with Crippen molar-refractivity contribution < 1.29 is 22.7 Å². The fourth-order valence-corrected chi connectivity index (χ4v) is 6.04. The molecule has 4 rings (SSSR count). The zero-order valence-electron chi connectivity index (χ0n) is 21.0. The monoisotopic (exact) mass is 524 g/mol. The second-order valence-electron chi connectivity index (χ2n) is 9.81. The molecule has 4 N–H and O–H groups in total. The molecule has 0 saturated heterocycles. The maximum Gasteiger partial charge on any atom is 0.343 e. The molecule has 1 unspecified atom stereocenters. The lowest BCUT2D eigenvalue weighted by Crippen LogP contribution is -2.21. The molecule has 1 amide bonds. The van der Waals surface area contributed by atoms with Gasteiger partial charge in [0.1, 0.15) is 11.5 Å². The summed E-state index contributed by atoms with van der Waals surface area (Å²) in [6.07, 6.45) is 5.24. The summed E-state index contributed by atoms with van der Waals surface area (Å²) in [7, 11) is -3.95. The topological polar surface area (TPSA) is 140 Å². The number of sulfonamides is 1. The minimum Gasteiger partial charge on any atom is -0.507 e. The van der Waals surface area contributed by atoms with E-state index < -0.39 is 27.5 Å². The summed E-state index contributed by atoms with van der Waals surface area (Å²) < 4.78 is 34.2. The molecule has 37 heavy (non-hydrogen) atoms. The van der Waals surface area contributed by atoms with Crippen molar-refractivity contribution in [1.29, 1.82) is 0 Å². The van der Waals surface area contributed by atoms with Crippen LogP contribution in [-0.4, -0.2) is 19.4 Å². The molecule has 0 bridgehead atoms. The molecule has 0 aliphatic heterocycles. The quantitative estimate of drug-likeness (QED) is 0.410. The molecule has 1 atom stereocenters. The van der Waals surface area contributed by atoms with E-state index in [0.29, 0.717) is 35.4 Å². The number of carbonyl (C=O) groups is 1. The normalized spacial score (nSPS) is 14.9. The summed E-state index contributed by atoms with van der Waals surface area (Å²) in [6.45, 7) is 3.88. The zero-order chi connectivity index (χ0) is 26.7. The number of hydrogen-bond acceptors (Lipinski definition) is 6. The summed E-state index contributed by atoms with van der Waals surface area (Å²) in [5.41, 5.74) is 6.77. The van der Waals surface area contributed by atoms with Crippen LogP contribution in [-0.2, 0) is 22.9 Å². The third kappa shape index (κ3) is 5.72. The number of rotatable bonds is 7. The predicted molar refractivity (Wildman–Crippen MR) is 141 cm³/mol. The fourth-order valence-electron chi connectivity index (χ4n) is 4.99. The maximum absolute atomic E-state index is 13.1. The van der Waals surface area contributed by atoms with E-state index in [1.165, 1.54) is 24.3 Å². The number of hydrogen-bond donors (Lipinski definition) is 3. The number of benzene rings is 2. The van der Waals surface area contributed by atoms with Crippen LogP contribution >= 0.6 is 0 Å². The van der Waals surface area contributed by atoms with Gasteiger partial charge in [0.25, 0.3) is 10.0 Å². The van der Waals surface area contributed by atoms with Crippen LogP contribution in [0.1, 0.15) is 78.3 Å². The second kappa shape index (κ2) is 10.8. The van der Waals surface area contributed by atoms with Gasteiger partial charge >= 0.3 is 5.63 Å². The van der Waals surface area contributed by atoms with E-state index >= 15 is 0 Å². The van der Waals surface area contributed by atoms with Gasteiger partial charge in [-0.3, -0.25) is 9.52 Å². The van der Waals surface area contributed by atoms with Crippen LogP contribution in [0.5, 0.6) is 5.75 Å². The molecule has 9 heteroatoms. The number of aromatic hydroxyl groups is 1. The minimum absolute atomic E-state index is 0.00706. The van der Waals surface area contributed by atoms with E-state index in [-0.39, 0.29) is 27.7 Å². The van der Waals surface area contributed by atoms with Crippen molar-refractivity contribution in [3.8, 4) is 5.75 Å². The average molecular weight is 525 g/mol. The SMILES string of the molecule is CC(C)C(c1cccc(NS(=O)(=O)c2ccc(C(N)=O)cc2)c1)c1c(O)c2c(oc1=O)CCCCCC2. The Kier molecular flexibility index (Phi) is 7.73. The third-order valence-corrected chi connectivity index (χ3v) is 8.22. The number of aryl methyl sites for hydroxylation is 1. The summed E-state index contributed by atoms with van der Waals surface area (Å²) >= 11 is 0. The van der Waals surface area contributed by atoms with Crippen molar-refractivity contribution in [2.75, 3.05) is 4.72 Å². The van der Waals surface area contributed by atoms with Gasteiger partial charge in [0.15, 0.2) is 0 Å². The number of amides is 1. The Morgan fingerprint density at radius 1 is 1.03 bits per heavy atom. The fraction of sp³-hybridized carbons (Fsp3) is 0.357. The molecule has 2 aromatic carbocycles. The van der Waals surface area contributed by atoms with Gasteiger partial charge in [-0.15, -0.1) is 0 Å². The van der Waals surface area contributed by atoms with Gasteiger partial charge in [-0.2, -0.15) is 0 Å². The van der Waals surface area contributed by atoms with Gasteiger partial charge in [0.2, 0.25) is 5.91 Å². The zero-order valence-corrected chi connectivity index (χ0v) is 21.8. The molecule has 1 heterocycles. The first-order valence-electron chi connectivity index (χ1n) is 12.5. The minimum atomic E-state index is -3.95. The van der Waals surface area contributed by atoms with Gasteiger partial charge in [-0.1, -0.05) is 38.8 Å². The molecule has 1 aromatic heterocycles. The van der Waals surface area contributed by atoms with Crippen LogP contribution < -0.4 is 16.1 Å². The third-order valence-electron chi connectivity index (χ3n) is 6.82. The van der Waals surface area contributed by atoms with Gasteiger partial charge in [0.05, 0.1) is 10.5 Å². The first-order chi connectivity index (χ1) is 17.6. The van der Waals surface area contributed by atoms with Crippen LogP contribution in [0.4, 0.5) is 5.69 Å². The van der Waals surface area contributed by atoms with Crippen LogP contribution in [0.25, 0.3) is 0 Å². The Hall–Kier alpha value is -3.59. The van der Waals surface area contributed by atoms with Gasteiger partial charge in [0, 0.05) is 29.2 Å². The van der Waals surface area contributed by atoms with Crippen molar-refractivity contribution >= 4 is 21.6 Å². The average Bonchev–Trinajstić information content (AvgIpc) is 2.82. The highest BCUT2D eigenvalue weighted by atomic mass is 32.2. The summed E-state index contributed by atoms with van der Waals surface area (Å²) in [5, 5.41) is 11.3. The van der Waals surface area contributed by atoms with Crippen molar-refractivity contribution in [3.63, 3.8) is 0 Å². The van der Waals surface area contributed by atoms with E-state index in [0.717, 1.165) is 25.7 Å². The van der Waals surface area contributed by atoms with Crippen LogP contribution in [0.2, 0.25) is 0 Å². The Balaban J connectivity index is 1.70. The van der Waals surface area contributed by atoms with Crippen molar-refractivity contribution in [3.05, 3.63) is 87.0 Å². The Morgan fingerprint density at radius 3 is 2.35 bits per heavy atom. The Bertz CT molecular complexity index is 1460. The number of fused-ring (bicyclic) bond motifs is 1. The number of anilines is 1. The highest BCUT2D eigenvalue weighted by Gasteiger charge is 2.29. The van der Waals surface area contributed by atoms with Crippen LogP contribution in [0.3, 0.4) is 0 Å². The van der Waals surface area contributed by atoms with Gasteiger partial charge < -0.3 is 15.3 Å². The van der Waals surface area contributed by atoms with Crippen molar-refractivity contribution in [2.24, 2.45) is 11.7 Å². The van der Waals surface area contributed by atoms with E-state index in [1.54, 1.807) is 24.3 Å². The molecule has 3 aromatic rings. The molecule has 8 nitrogen and oxygen atoms in total. The highest BCUT2D eigenvalue weighted by Crippen LogP contribution is 2.39. The summed E-state index contributed by atoms with van der Waals surface area (Å²) in [6, 6.07) is 12.1. The Morgan fingerprint density at radius 2 is 1.70 bits per heavy atom. The first-order valence-corrected chi connectivity index (χ1v) is 14.0. The number of carbonyl (C=O) groups excluding carboxylic acids is 1. The number of nitrogens with two attached hydrogens (primary N) is 1. The van der Waals surface area contributed by atoms with Crippen LogP contribution in [0, 0.1) is 5.92 Å². The van der Waals surface area contributed by atoms with E-state index in [4.69, 9.17) is 10.2 Å². The molecule has 1 aliphatic carbocycles. The standard InChI is InChI=1S/C28H32N2O6S/c1-17(2)24(25-26(31)22-10-5-3-4-6-11-23(22)36-28(25)33)19-8-7-9-20(16-19)30-37(34,35)21-14-12-18(13-15-21)27(29)32/h7-9,12-17,24,30-31H,3-6,10-11H2,1-2H3,(H2,29,32). The van der Waals surface area contributed by atoms with Gasteiger partial charge in [-0.05, 0) is 67.1 Å². The highest BCUT2D eigenvalue weighted by molar-refractivity contribution is 7.92. The summed E-state index contributed by atoms with van der Waals surface area (Å²) in [4.78, 5) is 24.4. The van der Waals surface area contributed by atoms with Gasteiger partial charge in [-0.25, -0.2) is 13.2 Å². The van der Waals surface area contributed by atoms with E-state index in [1.807, 2.05) is 13.8 Å². The number of nitrogens with one attached hydrogen (secondary N) is 1. The molecule has 1 aliphatic rings. The lowest BCUT2D eigenvalue weighted by molar-refractivity contribution is 0.1000. The molecular formula is C28H32N2O6S. The summed E-state index contributed by atoms with van der Waals surface area (Å²) in [5.74, 6) is -0.685. The lowest BCUT2D eigenvalue weighted by atomic mass is 9.81. The van der Waals surface area contributed by atoms with Crippen molar-refractivity contribution in [1.82, 2.24) is 0 Å². The molecule has 0 spiro atoms. The molecular weight excluding hydrogens is 492 g/mol. The lowest BCUT2D eigenvalue weighted by Gasteiger charge is -2.24. The van der Waals surface area contributed by atoms with Crippen molar-refractivity contribution in [2.45, 2.75) is 63.2 Å². The Labute approximate surface area is 216 Å². The second-order valence-corrected chi connectivity index (χ2v) is 11.5. The largest absolute Gasteiger partial charge is 0.507 e. The smallest absolute Gasteiger partial charge is 0.343 e. The van der Waals surface area contributed by atoms with Crippen LogP contribution in [0.15, 0.2) is 62.6 Å². The molecule has 0 saturated carbocycles. The molecule has 0 fully saturated rings. The maximum atomic E-state index is 13.1. The predicted octanol–water partition coefficient (Wildman–Crippen LogP) is 4.69. The van der Waals surface area contributed by atoms with E-state index in [2.05, 4.69) is 4.72 Å². The molecule has 196 valence electrons. The first kappa shape index (κ1) is 26.5. The van der Waals surface area contributed by atoms with E-state index in [9.17, 15) is 23.1 Å². The molecule has 0 radical (unpaired) electrons.